The maximum absolute atomic E-state index is 13.4. The van der Waals surface area contributed by atoms with Crippen molar-refractivity contribution in [1.82, 2.24) is 4.98 Å². The molecule has 1 aromatic heterocycles. The number of hydrogen-bond acceptors (Lipinski definition) is 8. The van der Waals surface area contributed by atoms with Crippen LogP contribution < -0.4 is 9.64 Å². The Morgan fingerprint density at radius 3 is 2.65 bits per heavy atom. The molecule has 1 aliphatic rings. The fourth-order valence-corrected chi connectivity index (χ4v) is 5.48. The summed E-state index contributed by atoms with van der Waals surface area (Å²) in [6.45, 7) is 6.99. The van der Waals surface area contributed by atoms with Crippen LogP contribution in [0.15, 0.2) is 65.2 Å². The summed E-state index contributed by atoms with van der Waals surface area (Å²) in [7, 11) is 1.54. The van der Waals surface area contributed by atoms with Gasteiger partial charge in [0.15, 0.2) is 5.13 Å². The zero-order valence-corrected chi connectivity index (χ0v) is 22.7. The molecular weight excluding hydrogens is 560 g/mol. The highest BCUT2D eigenvalue weighted by molar-refractivity contribution is 9.10. The van der Waals surface area contributed by atoms with Crippen LogP contribution in [0, 0.1) is 13.8 Å². The number of hydrogen-bond donors (Lipinski definition) is 1. The molecule has 0 spiro atoms. The van der Waals surface area contributed by atoms with E-state index in [9.17, 15) is 19.5 Å². The lowest BCUT2D eigenvalue weighted by Crippen LogP contribution is -2.29. The van der Waals surface area contributed by atoms with Crippen molar-refractivity contribution in [3.63, 3.8) is 0 Å². The van der Waals surface area contributed by atoms with Gasteiger partial charge in [0, 0.05) is 10.0 Å². The monoisotopic (exact) mass is 582 g/mol. The third kappa shape index (κ3) is 4.94. The number of ether oxygens (including phenoxy) is 2. The van der Waals surface area contributed by atoms with E-state index in [0.717, 1.165) is 21.4 Å². The van der Waals surface area contributed by atoms with Gasteiger partial charge in [0.05, 0.1) is 24.4 Å². The summed E-state index contributed by atoms with van der Waals surface area (Å²) >= 11 is 4.38. The highest BCUT2D eigenvalue weighted by Gasteiger charge is 2.48. The first-order valence-corrected chi connectivity index (χ1v) is 12.8. The molecule has 4 rings (SSSR count). The van der Waals surface area contributed by atoms with E-state index in [0.29, 0.717) is 22.6 Å². The number of thiazole rings is 1. The Labute approximate surface area is 226 Å². The second kappa shape index (κ2) is 10.7. The Bertz CT molecular complexity index is 1460. The molecule has 1 saturated heterocycles. The number of aryl methyl sites for hydroxylation is 2. The number of aliphatic hydroxyl groups excluding tert-OH is 1. The first-order valence-electron chi connectivity index (χ1n) is 11.1. The molecule has 10 heteroatoms. The first-order chi connectivity index (χ1) is 17.7. The zero-order chi connectivity index (χ0) is 26.9. The number of aliphatic hydroxyl groups is 1. The predicted octanol–water partition coefficient (Wildman–Crippen LogP) is 5.50. The van der Waals surface area contributed by atoms with Crippen LogP contribution in [0.1, 0.15) is 38.1 Å². The van der Waals surface area contributed by atoms with Crippen molar-refractivity contribution in [3.05, 3.63) is 92.4 Å². The molecule has 1 amide bonds. The minimum atomic E-state index is -0.984. The number of benzene rings is 2. The standard InChI is InChI=1S/C27H23BrN2O6S/c1-5-11-36-26(34)24-15(3)29-27(37-24)30-21(16-7-6-8-18(28)13-16)20(23(32)25(30)33)22(31)17-9-10-19(35-4)14(2)12-17/h5-10,12-13,21,31H,1,11H2,2-4H3/b22-20+/t21-/m0/s1. The van der Waals surface area contributed by atoms with Crippen LogP contribution in [0.25, 0.3) is 5.76 Å². The van der Waals surface area contributed by atoms with E-state index >= 15 is 0 Å². The van der Waals surface area contributed by atoms with Crippen LogP contribution in [0.5, 0.6) is 5.75 Å². The van der Waals surface area contributed by atoms with Gasteiger partial charge in [0.1, 0.15) is 23.0 Å². The van der Waals surface area contributed by atoms with Gasteiger partial charge in [-0.05, 0) is 55.3 Å². The minimum Gasteiger partial charge on any atom is -0.507 e. The van der Waals surface area contributed by atoms with E-state index in [1.165, 1.54) is 18.1 Å². The molecule has 8 nitrogen and oxygen atoms in total. The Morgan fingerprint density at radius 2 is 2.00 bits per heavy atom. The van der Waals surface area contributed by atoms with Crippen molar-refractivity contribution in [3.8, 4) is 5.75 Å². The highest BCUT2D eigenvalue weighted by atomic mass is 79.9. The Hall–Kier alpha value is -3.76. The summed E-state index contributed by atoms with van der Waals surface area (Å²) in [4.78, 5) is 45.1. The van der Waals surface area contributed by atoms with E-state index in [1.54, 1.807) is 43.3 Å². The average molecular weight is 583 g/mol. The number of rotatable bonds is 7. The zero-order valence-electron chi connectivity index (χ0n) is 20.3. The van der Waals surface area contributed by atoms with Crippen LogP contribution in [-0.2, 0) is 14.3 Å². The third-order valence-corrected chi connectivity index (χ3v) is 7.42. The second-order valence-corrected chi connectivity index (χ2v) is 10.1. The van der Waals surface area contributed by atoms with Gasteiger partial charge in [0.25, 0.3) is 5.78 Å². The van der Waals surface area contributed by atoms with E-state index < -0.39 is 23.7 Å². The summed E-state index contributed by atoms with van der Waals surface area (Å²) in [6.07, 6.45) is 1.45. The van der Waals surface area contributed by atoms with Crippen LogP contribution in [0.2, 0.25) is 0 Å². The largest absolute Gasteiger partial charge is 0.507 e. The SMILES string of the molecule is C=CCOC(=O)c1sc(N2C(=O)C(=O)/C(=C(/O)c3ccc(OC)c(C)c3)[C@@H]2c2cccc(Br)c2)nc1C. The molecule has 1 aliphatic heterocycles. The van der Waals surface area contributed by atoms with Gasteiger partial charge in [-0.25, -0.2) is 9.78 Å². The summed E-state index contributed by atoms with van der Waals surface area (Å²) in [5.74, 6) is -2.04. The average Bonchev–Trinajstić information content (AvgIpc) is 3.38. The molecule has 2 heterocycles. The molecule has 0 saturated carbocycles. The number of Topliss-reactive ketones (excluding diaryl/α,β-unsaturated/α-hetero) is 1. The van der Waals surface area contributed by atoms with Crippen molar-refractivity contribution in [1.29, 1.82) is 0 Å². The Kier molecular flexibility index (Phi) is 7.60. The lowest BCUT2D eigenvalue weighted by atomic mass is 9.95. The number of ketones is 1. The molecule has 3 aromatic rings. The molecule has 0 radical (unpaired) electrons. The van der Waals surface area contributed by atoms with Crippen LogP contribution in [0.3, 0.4) is 0 Å². The lowest BCUT2D eigenvalue weighted by Gasteiger charge is -2.23. The van der Waals surface area contributed by atoms with E-state index in [1.807, 2.05) is 13.0 Å². The second-order valence-electron chi connectivity index (χ2n) is 8.21. The number of halogens is 1. The number of anilines is 1. The van der Waals surface area contributed by atoms with Gasteiger partial charge >= 0.3 is 11.9 Å². The van der Waals surface area contributed by atoms with Gasteiger partial charge in [-0.3, -0.25) is 14.5 Å². The fraction of sp³-hybridized carbons (Fsp3) is 0.185. The van der Waals surface area contributed by atoms with Crippen LogP contribution >= 0.6 is 27.3 Å². The normalized spacial score (nSPS) is 16.6. The van der Waals surface area contributed by atoms with Crippen molar-refractivity contribution in [2.75, 3.05) is 18.6 Å². The van der Waals surface area contributed by atoms with Crippen LogP contribution in [0.4, 0.5) is 5.13 Å². The van der Waals surface area contributed by atoms with Crippen molar-refractivity contribution >= 4 is 55.8 Å². The number of carbonyl (C=O) groups excluding carboxylic acids is 3. The van der Waals surface area contributed by atoms with Crippen molar-refractivity contribution in [2.45, 2.75) is 19.9 Å². The highest BCUT2D eigenvalue weighted by Crippen LogP contribution is 2.44. The summed E-state index contributed by atoms with van der Waals surface area (Å²) in [6, 6.07) is 11.1. The number of aromatic nitrogens is 1. The van der Waals surface area contributed by atoms with Gasteiger partial charge in [0.2, 0.25) is 0 Å². The van der Waals surface area contributed by atoms with E-state index in [-0.39, 0.29) is 27.9 Å². The van der Waals surface area contributed by atoms with E-state index in [2.05, 4.69) is 27.5 Å². The van der Waals surface area contributed by atoms with Gasteiger partial charge in [-0.15, -0.1) is 0 Å². The molecule has 1 N–H and O–H groups in total. The number of amides is 1. The number of esters is 1. The van der Waals surface area contributed by atoms with E-state index in [4.69, 9.17) is 9.47 Å². The number of carbonyl (C=O) groups is 3. The number of methoxy groups -OCH3 is 1. The van der Waals surface area contributed by atoms with Gasteiger partial charge in [-0.1, -0.05) is 52.1 Å². The molecular formula is C27H23BrN2O6S. The molecule has 1 atom stereocenters. The molecule has 0 bridgehead atoms. The molecule has 0 aliphatic carbocycles. The molecule has 190 valence electrons. The Balaban J connectivity index is 1.89. The first kappa shape index (κ1) is 26.3. The molecule has 2 aromatic carbocycles. The molecule has 37 heavy (non-hydrogen) atoms. The van der Waals surface area contributed by atoms with Gasteiger partial charge in [-0.2, -0.15) is 0 Å². The summed E-state index contributed by atoms with van der Waals surface area (Å²) < 4.78 is 11.2. The smallest absolute Gasteiger partial charge is 0.350 e. The maximum Gasteiger partial charge on any atom is 0.350 e. The quantitative estimate of drug-likeness (QED) is 0.129. The fourth-order valence-electron chi connectivity index (χ4n) is 4.08. The third-order valence-electron chi connectivity index (χ3n) is 5.79. The van der Waals surface area contributed by atoms with Crippen molar-refractivity contribution < 1.29 is 29.0 Å². The predicted molar refractivity (Wildman–Crippen MR) is 144 cm³/mol. The van der Waals surface area contributed by atoms with Crippen molar-refractivity contribution in [2.24, 2.45) is 0 Å². The maximum atomic E-state index is 13.4. The Morgan fingerprint density at radius 1 is 1.24 bits per heavy atom. The minimum absolute atomic E-state index is 0.0232. The molecule has 0 unspecified atom stereocenters. The van der Waals surface area contributed by atoms with Gasteiger partial charge < -0.3 is 14.6 Å². The topological polar surface area (TPSA) is 106 Å². The summed E-state index contributed by atoms with van der Waals surface area (Å²) in [5, 5.41) is 11.5. The number of nitrogens with zero attached hydrogens (tertiary/aromatic N) is 2. The van der Waals surface area contributed by atoms with Crippen LogP contribution in [-0.4, -0.2) is 41.5 Å². The molecule has 1 fully saturated rings. The lowest BCUT2D eigenvalue weighted by molar-refractivity contribution is -0.132. The summed E-state index contributed by atoms with van der Waals surface area (Å²) in [5.41, 5.74) is 1.95.